The summed E-state index contributed by atoms with van der Waals surface area (Å²) in [5, 5.41) is 16.3. The highest BCUT2D eigenvalue weighted by Crippen LogP contribution is 2.18. The van der Waals surface area contributed by atoms with Gasteiger partial charge in [-0.15, -0.1) is 0 Å². The van der Waals surface area contributed by atoms with Crippen molar-refractivity contribution in [2.24, 2.45) is 0 Å². The van der Waals surface area contributed by atoms with Gasteiger partial charge in [-0.25, -0.2) is 9.37 Å². The lowest BCUT2D eigenvalue weighted by molar-refractivity contribution is 0.102. The molecule has 1 amide bonds. The third-order valence-electron chi connectivity index (χ3n) is 3.85. The fraction of sp³-hybridized carbons (Fsp3) is 0.100. The molecule has 3 N–H and O–H groups in total. The molecule has 27 heavy (non-hydrogen) atoms. The van der Waals surface area contributed by atoms with Crippen molar-refractivity contribution in [3.63, 3.8) is 0 Å². The molecule has 5 nitrogen and oxygen atoms in total. The van der Waals surface area contributed by atoms with E-state index < -0.39 is 11.9 Å². The number of nitrogens with one attached hydrogen (secondary N) is 2. The summed E-state index contributed by atoms with van der Waals surface area (Å²) < 4.78 is 13.7. The molecule has 2 aromatic carbocycles. The van der Waals surface area contributed by atoms with Gasteiger partial charge in [0, 0.05) is 29.0 Å². The number of nitrogens with zero attached hydrogens (tertiary/aromatic N) is 1. The van der Waals surface area contributed by atoms with E-state index in [0.717, 1.165) is 0 Å². The van der Waals surface area contributed by atoms with Gasteiger partial charge in [0.15, 0.2) is 0 Å². The van der Waals surface area contributed by atoms with E-state index in [1.54, 1.807) is 48.5 Å². The molecule has 0 saturated heterocycles. The van der Waals surface area contributed by atoms with Crippen LogP contribution in [0.25, 0.3) is 0 Å². The number of benzene rings is 2. The molecule has 3 aromatic rings. The van der Waals surface area contributed by atoms with Gasteiger partial charge in [-0.3, -0.25) is 4.79 Å². The molecular formula is C20H17ClFN3O2. The molecule has 0 fully saturated rings. The molecule has 7 heteroatoms. The van der Waals surface area contributed by atoms with E-state index in [1.807, 2.05) is 0 Å². The number of rotatable bonds is 6. The van der Waals surface area contributed by atoms with Gasteiger partial charge in [0.1, 0.15) is 11.6 Å². The lowest BCUT2D eigenvalue weighted by Gasteiger charge is -2.13. The minimum Gasteiger partial charge on any atom is -0.386 e. The first-order valence-electron chi connectivity index (χ1n) is 8.22. The average Bonchev–Trinajstić information content (AvgIpc) is 2.67. The van der Waals surface area contributed by atoms with Gasteiger partial charge >= 0.3 is 0 Å². The van der Waals surface area contributed by atoms with Crippen molar-refractivity contribution in [3.8, 4) is 0 Å². The lowest BCUT2D eigenvalue weighted by atomic mass is 10.1. The molecule has 1 heterocycles. The Morgan fingerprint density at radius 1 is 1.15 bits per heavy atom. The standard InChI is InChI=1S/C20H17ClFN3O2/c21-14-4-3-5-15(10-14)25-20(27)13-8-9-19(23-11-13)24-12-18(26)16-6-1-2-7-17(16)22/h1-11,18,26H,12H2,(H,23,24)(H,25,27). The molecule has 0 saturated carbocycles. The molecule has 3 rings (SSSR count). The zero-order valence-corrected chi connectivity index (χ0v) is 14.9. The van der Waals surface area contributed by atoms with Crippen LogP contribution in [0.5, 0.6) is 0 Å². The van der Waals surface area contributed by atoms with Gasteiger partial charge in [0.25, 0.3) is 5.91 Å². The summed E-state index contributed by atoms with van der Waals surface area (Å²) in [6.07, 6.45) is 0.399. The Hall–Kier alpha value is -2.96. The predicted octanol–water partition coefficient (Wildman–Crippen LogP) is 4.27. The van der Waals surface area contributed by atoms with Gasteiger partial charge in [0.2, 0.25) is 0 Å². The summed E-state index contributed by atoms with van der Waals surface area (Å²) in [4.78, 5) is 16.4. The van der Waals surface area contributed by atoms with Crippen LogP contribution in [0.1, 0.15) is 22.0 Å². The van der Waals surface area contributed by atoms with Crippen molar-refractivity contribution < 1.29 is 14.3 Å². The second-order valence-corrected chi connectivity index (χ2v) is 6.25. The number of pyridine rings is 1. The van der Waals surface area contributed by atoms with Crippen LogP contribution in [-0.2, 0) is 0 Å². The van der Waals surface area contributed by atoms with Crippen molar-refractivity contribution in [3.05, 3.63) is 88.8 Å². The second-order valence-electron chi connectivity index (χ2n) is 5.81. The minimum absolute atomic E-state index is 0.0853. The van der Waals surface area contributed by atoms with Gasteiger partial charge in [-0.2, -0.15) is 0 Å². The van der Waals surface area contributed by atoms with Crippen LogP contribution in [0.4, 0.5) is 15.9 Å². The van der Waals surface area contributed by atoms with E-state index in [0.29, 0.717) is 22.1 Å². The van der Waals surface area contributed by atoms with Crippen LogP contribution in [0.3, 0.4) is 0 Å². The fourth-order valence-corrected chi connectivity index (χ4v) is 2.65. The minimum atomic E-state index is -1.01. The molecule has 138 valence electrons. The van der Waals surface area contributed by atoms with Crippen LogP contribution >= 0.6 is 11.6 Å². The first-order valence-corrected chi connectivity index (χ1v) is 8.60. The van der Waals surface area contributed by atoms with Crippen molar-refractivity contribution in [2.75, 3.05) is 17.2 Å². The molecule has 0 aliphatic heterocycles. The Balaban J connectivity index is 1.58. The number of hydrogen-bond acceptors (Lipinski definition) is 4. The molecular weight excluding hydrogens is 369 g/mol. The van der Waals surface area contributed by atoms with Crippen LogP contribution in [0.2, 0.25) is 5.02 Å². The maximum atomic E-state index is 13.7. The number of anilines is 2. The van der Waals surface area contributed by atoms with Crippen molar-refractivity contribution >= 4 is 29.0 Å². The predicted molar refractivity (Wildman–Crippen MR) is 103 cm³/mol. The molecule has 0 bridgehead atoms. The van der Waals surface area contributed by atoms with Crippen LogP contribution < -0.4 is 10.6 Å². The highest BCUT2D eigenvalue weighted by Gasteiger charge is 2.12. The van der Waals surface area contributed by atoms with Gasteiger partial charge in [-0.05, 0) is 36.4 Å². The van der Waals surface area contributed by atoms with E-state index in [1.165, 1.54) is 18.3 Å². The number of aromatic nitrogens is 1. The molecule has 0 aliphatic carbocycles. The van der Waals surface area contributed by atoms with Crippen molar-refractivity contribution in [1.29, 1.82) is 0 Å². The van der Waals surface area contributed by atoms with Crippen LogP contribution in [0, 0.1) is 5.82 Å². The quantitative estimate of drug-likeness (QED) is 0.592. The number of amides is 1. The number of carbonyl (C=O) groups is 1. The Kier molecular flexibility index (Phi) is 6.01. The normalized spacial score (nSPS) is 11.7. The zero-order chi connectivity index (χ0) is 19.2. The van der Waals surface area contributed by atoms with Gasteiger partial charge in [-0.1, -0.05) is 35.9 Å². The third-order valence-corrected chi connectivity index (χ3v) is 4.08. The highest BCUT2D eigenvalue weighted by molar-refractivity contribution is 6.30. The lowest BCUT2D eigenvalue weighted by Crippen LogP contribution is -2.15. The zero-order valence-electron chi connectivity index (χ0n) is 14.2. The first kappa shape index (κ1) is 18.8. The topological polar surface area (TPSA) is 74.2 Å². The first-order chi connectivity index (χ1) is 13.0. The molecule has 1 aromatic heterocycles. The van der Waals surface area contributed by atoms with Crippen LogP contribution in [0.15, 0.2) is 66.9 Å². The van der Waals surface area contributed by atoms with E-state index in [2.05, 4.69) is 15.6 Å². The average molecular weight is 386 g/mol. The monoisotopic (exact) mass is 385 g/mol. The molecule has 0 aliphatic rings. The summed E-state index contributed by atoms with van der Waals surface area (Å²) >= 11 is 5.89. The van der Waals surface area contributed by atoms with E-state index >= 15 is 0 Å². The van der Waals surface area contributed by atoms with Crippen LogP contribution in [-0.4, -0.2) is 22.5 Å². The number of halogens is 2. The maximum Gasteiger partial charge on any atom is 0.257 e. The molecule has 0 radical (unpaired) electrons. The van der Waals surface area contributed by atoms with Crippen molar-refractivity contribution in [1.82, 2.24) is 4.98 Å². The summed E-state index contributed by atoms with van der Waals surface area (Å²) in [5.41, 5.74) is 1.17. The van der Waals surface area contributed by atoms with E-state index in [4.69, 9.17) is 11.6 Å². The fourth-order valence-electron chi connectivity index (χ4n) is 2.46. The summed E-state index contributed by atoms with van der Waals surface area (Å²) in [6.45, 7) is 0.0853. The SMILES string of the molecule is O=C(Nc1cccc(Cl)c1)c1ccc(NCC(O)c2ccccc2F)nc1. The van der Waals surface area contributed by atoms with E-state index in [9.17, 15) is 14.3 Å². The summed E-state index contributed by atoms with van der Waals surface area (Å²) in [5.74, 6) is -0.319. The summed E-state index contributed by atoms with van der Waals surface area (Å²) in [6, 6.07) is 16.1. The Morgan fingerprint density at radius 2 is 1.96 bits per heavy atom. The van der Waals surface area contributed by atoms with Crippen molar-refractivity contribution in [2.45, 2.75) is 6.10 Å². The Morgan fingerprint density at radius 3 is 2.67 bits per heavy atom. The Labute approximate surface area is 160 Å². The molecule has 1 unspecified atom stereocenters. The third kappa shape index (κ3) is 5.03. The highest BCUT2D eigenvalue weighted by atomic mass is 35.5. The second kappa shape index (κ2) is 8.62. The largest absolute Gasteiger partial charge is 0.386 e. The number of aliphatic hydroxyl groups excluding tert-OH is 1. The van der Waals surface area contributed by atoms with Gasteiger partial charge < -0.3 is 15.7 Å². The smallest absolute Gasteiger partial charge is 0.257 e. The molecule has 1 atom stereocenters. The summed E-state index contributed by atoms with van der Waals surface area (Å²) in [7, 11) is 0. The number of aliphatic hydroxyl groups is 1. The van der Waals surface area contributed by atoms with E-state index in [-0.39, 0.29) is 18.0 Å². The maximum absolute atomic E-state index is 13.7. The van der Waals surface area contributed by atoms with Gasteiger partial charge in [0.05, 0.1) is 11.7 Å². The number of hydrogen-bond donors (Lipinski definition) is 3. The number of carbonyl (C=O) groups excluding carboxylic acids is 1. The molecule has 0 spiro atoms. The Bertz CT molecular complexity index is 935.